The van der Waals surface area contributed by atoms with Crippen LogP contribution in [-0.4, -0.2) is 30.9 Å². The number of carbonyl (C=O) groups excluding carboxylic acids is 1. The van der Waals surface area contributed by atoms with Crippen LogP contribution in [-0.2, 0) is 0 Å². The van der Waals surface area contributed by atoms with Crippen molar-refractivity contribution in [3.63, 3.8) is 0 Å². The van der Waals surface area contributed by atoms with Crippen LogP contribution < -0.4 is 5.32 Å². The Balaban J connectivity index is 1.92. The highest BCUT2D eigenvalue weighted by Crippen LogP contribution is 2.19. The quantitative estimate of drug-likeness (QED) is 0.736. The Morgan fingerprint density at radius 3 is 2.95 bits per heavy atom. The van der Waals surface area contributed by atoms with Gasteiger partial charge in [-0.3, -0.25) is 4.79 Å². The molecule has 1 amide bonds. The molecular weight excluding hydrogens is 244 g/mol. The Labute approximate surface area is 108 Å². The molecule has 0 saturated carbocycles. The number of aromatic nitrogens is 5. The number of imidazole rings is 1. The van der Waals surface area contributed by atoms with Gasteiger partial charge in [-0.15, -0.1) is 0 Å². The van der Waals surface area contributed by atoms with Crippen molar-refractivity contribution in [3.05, 3.63) is 54.9 Å². The normalized spacial score (nSPS) is 10.3. The summed E-state index contributed by atoms with van der Waals surface area (Å²) in [7, 11) is 0. The van der Waals surface area contributed by atoms with Crippen molar-refractivity contribution < 1.29 is 4.79 Å². The molecule has 2 aromatic heterocycles. The maximum atomic E-state index is 11.9. The summed E-state index contributed by atoms with van der Waals surface area (Å²) in [4.78, 5) is 15.9. The predicted octanol–water partition coefficient (Wildman–Crippen LogP) is 1.24. The van der Waals surface area contributed by atoms with Crippen molar-refractivity contribution in [2.24, 2.45) is 0 Å². The highest BCUT2D eigenvalue weighted by Gasteiger charge is 2.11. The van der Waals surface area contributed by atoms with Crippen molar-refractivity contribution in [3.8, 4) is 5.69 Å². The van der Waals surface area contributed by atoms with Gasteiger partial charge in [0.15, 0.2) is 5.69 Å². The Bertz CT molecular complexity index is 674. The van der Waals surface area contributed by atoms with Crippen LogP contribution in [0.25, 0.3) is 5.69 Å². The average Bonchev–Trinajstić information content (AvgIpc) is 3.13. The van der Waals surface area contributed by atoms with E-state index in [1.165, 1.54) is 6.20 Å². The van der Waals surface area contributed by atoms with Crippen LogP contribution in [0.2, 0.25) is 0 Å². The zero-order valence-corrected chi connectivity index (χ0v) is 9.82. The molecule has 19 heavy (non-hydrogen) atoms. The number of benzene rings is 1. The van der Waals surface area contributed by atoms with Crippen LogP contribution in [0.1, 0.15) is 10.5 Å². The molecule has 0 fully saturated rings. The van der Waals surface area contributed by atoms with Gasteiger partial charge >= 0.3 is 0 Å². The molecule has 1 aromatic carbocycles. The highest BCUT2D eigenvalue weighted by molar-refractivity contribution is 6.03. The van der Waals surface area contributed by atoms with Gasteiger partial charge in [0, 0.05) is 12.4 Å². The molecule has 0 aliphatic carbocycles. The fourth-order valence-corrected chi connectivity index (χ4v) is 1.70. The van der Waals surface area contributed by atoms with Gasteiger partial charge in [-0.2, -0.15) is 15.4 Å². The summed E-state index contributed by atoms with van der Waals surface area (Å²) in [6, 6.07) is 7.44. The zero-order chi connectivity index (χ0) is 13.1. The van der Waals surface area contributed by atoms with Gasteiger partial charge < -0.3 is 9.88 Å². The van der Waals surface area contributed by atoms with Gasteiger partial charge in [0.05, 0.1) is 23.9 Å². The summed E-state index contributed by atoms with van der Waals surface area (Å²) in [5, 5.41) is 12.5. The predicted molar refractivity (Wildman–Crippen MR) is 67.9 cm³/mol. The maximum absolute atomic E-state index is 11.9. The summed E-state index contributed by atoms with van der Waals surface area (Å²) in [6.45, 7) is 0. The largest absolute Gasteiger partial charge is 0.319 e. The Morgan fingerprint density at radius 2 is 2.21 bits per heavy atom. The summed E-state index contributed by atoms with van der Waals surface area (Å²) in [5.41, 5.74) is 1.74. The summed E-state index contributed by atoms with van der Waals surface area (Å²) < 4.78 is 1.82. The van der Waals surface area contributed by atoms with Gasteiger partial charge in [0.2, 0.25) is 0 Å². The third-order valence-electron chi connectivity index (χ3n) is 2.58. The number of hydrogen-bond donors (Lipinski definition) is 2. The van der Waals surface area contributed by atoms with E-state index in [-0.39, 0.29) is 11.6 Å². The van der Waals surface area contributed by atoms with E-state index >= 15 is 0 Å². The van der Waals surface area contributed by atoms with E-state index in [0.717, 1.165) is 5.69 Å². The topological polar surface area (TPSA) is 88.5 Å². The van der Waals surface area contributed by atoms with Crippen LogP contribution in [0.4, 0.5) is 5.69 Å². The molecule has 0 aliphatic rings. The summed E-state index contributed by atoms with van der Waals surface area (Å²) in [5.74, 6) is -0.318. The van der Waals surface area contributed by atoms with Crippen LogP contribution in [0.5, 0.6) is 0 Å². The first-order valence-electron chi connectivity index (χ1n) is 5.59. The number of para-hydroxylation sites is 2. The molecule has 0 aliphatic heterocycles. The molecule has 2 N–H and O–H groups in total. The van der Waals surface area contributed by atoms with E-state index in [1.807, 2.05) is 28.8 Å². The Kier molecular flexibility index (Phi) is 2.77. The fourth-order valence-electron chi connectivity index (χ4n) is 1.70. The number of aromatic amines is 1. The molecule has 0 saturated heterocycles. The molecular formula is C12H10N6O. The first-order chi connectivity index (χ1) is 9.34. The number of hydrogen-bond acceptors (Lipinski definition) is 4. The number of amides is 1. The first kappa shape index (κ1) is 11.1. The molecule has 3 rings (SSSR count). The molecule has 0 radical (unpaired) electrons. The minimum atomic E-state index is -0.318. The van der Waals surface area contributed by atoms with E-state index in [4.69, 9.17) is 0 Å². The molecule has 0 atom stereocenters. The molecule has 7 heteroatoms. The Morgan fingerprint density at radius 1 is 1.32 bits per heavy atom. The van der Waals surface area contributed by atoms with E-state index < -0.39 is 0 Å². The minimum Gasteiger partial charge on any atom is -0.319 e. The molecule has 0 spiro atoms. The minimum absolute atomic E-state index is 0.237. The van der Waals surface area contributed by atoms with Crippen molar-refractivity contribution >= 4 is 11.6 Å². The number of rotatable bonds is 3. The number of carbonyl (C=O) groups is 1. The van der Waals surface area contributed by atoms with Crippen LogP contribution >= 0.6 is 0 Å². The van der Waals surface area contributed by atoms with Gasteiger partial charge in [-0.1, -0.05) is 12.1 Å². The van der Waals surface area contributed by atoms with Crippen molar-refractivity contribution in [2.45, 2.75) is 0 Å². The maximum Gasteiger partial charge on any atom is 0.277 e. The lowest BCUT2D eigenvalue weighted by molar-refractivity contribution is 0.102. The van der Waals surface area contributed by atoms with Crippen molar-refractivity contribution in [1.82, 2.24) is 25.0 Å². The molecule has 0 bridgehead atoms. The number of nitrogens with zero attached hydrogens (tertiary/aromatic N) is 4. The lowest BCUT2D eigenvalue weighted by Gasteiger charge is -2.10. The second kappa shape index (κ2) is 4.73. The number of anilines is 1. The highest BCUT2D eigenvalue weighted by atomic mass is 16.2. The van der Waals surface area contributed by atoms with E-state index in [0.29, 0.717) is 5.69 Å². The molecule has 94 valence electrons. The lowest BCUT2D eigenvalue weighted by Crippen LogP contribution is -2.14. The third kappa shape index (κ3) is 2.21. The number of nitrogens with one attached hydrogen (secondary N) is 2. The monoisotopic (exact) mass is 254 g/mol. The van der Waals surface area contributed by atoms with E-state index in [9.17, 15) is 4.79 Å². The molecule has 0 unspecified atom stereocenters. The summed E-state index contributed by atoms with van der Waals surface area (Å²) in [6.07, 6.45) is 6.52. The van der Waals surface area contributed by atoms with Crippen molar-refractivity contribution in [1.29, 1.82) is 0 Å². The molecule has 7 nitrogen and oxygen atoms in total. The third-order valence-corrected chi connectivity index (χ3v) is 2.58. The van der Waals surface area contributed by atoms with Crippen LogP contribution in [0.3, 0.4) is 0 Å². The van der Waals surface area contributed by atoms with Gasteiger partial charge in [0.1, 0.15) is 0 Å². The molecule has 2 heterocycles. The van der Waals surface area contributed by atoms with Gasteiger partial charge in [0.25, 0.3) is 5.91 Å². The van der Waals surface area contributed by atoms with Gasteiger partial charge in [-0.25, -0.2) is 4.98 Å². The van der Waals surface area contributed by atoms with Gasteiger partial charge in [-0.05, 0) is 12.1 Å². The van der Waals surface area contributed by atoms with E-state index in [1.54, 1.807) is 18.7 Å². The SMILES string of the molecule is O=C(Nc1ccccc1-n1ccnc1)c1cn[nH]n1. The molecule has 3 aromatic rings. The van der Waals surface area contributed by atoms with Crippen LogP contribution in [0.15, 0.2) is 49.2 Å². The van der Waals surface area contributed by atoms with Crippen molar-refractivity contribution in [2.75, 3.05) is 5.32 Å². The first-order valence-corrected chi connectivity index (χ1v) is 5.59. The fraction of sp³-hybridized carbons (Fsp3) is 0. The second-order valence-electron chi connectivity index (χ2n) is 3.80. The second-order valence-corrected chi connectivity index (χ2v) is 3.80. The number of H-pyrrole nitrogens is 1. The van der Waals surface area contributed by atoms with Crippen LogP contribution in [0, 0.1) is 0 Å². The average molecular weight is 254 g/mol. The zero-order valence-electron chi connectivity index (χ0n) is 9.82. The van der Waals surface area contributed by atoms with E-state index in [2.05, 4.69) is 25.7 Å². The Hall–Kier alpha value is -2.96. The smallest absolute Gasteiger partial charge is 0.277 e. The lowest BCUT2D eigenvalue weighted by atomic mass is 10.2. The standard InChI is InChI=1S/C12H10N6O/c19-12(10-7-14-17-16-10)15-9-3-1-2-4-11(9)18-6-5-13-8-18/h1-8H,(H,15,19)(H,14,16,17). The summed E-state index contributed by atoms with van der Waals surface area (Å²) >= 11 is 0.